The zero-order chi connectivity index (χ0) is 24.4. The number of unbranched alkanes of at least 4 members (excludes halogenated alkanes) is 11. The average molecular weight is 483 g/mol. The Balaban J connectivity index is 2.32. The molecule has 33 heavy (non-hydrogen) atoms. The Labute approximate surface area is 202 Å². The largest absolute Gasteiger partial charge is 0.460 e. The van der Waals surface area contributed by atoms with Crippen LogP contribution in [0, 0.1) is 6.92 Å². The van der Waals surface area contributed by atoms with Crippen molar-refractivity contribution < 1.29 is 22.1 Å². The molecule has 1 aromatic carbocycles. The standard InChI is InChI=1S/C27H46O5S/c1-4-6-7-8-9-10-11-12-13-14-15-16-18-25(32-27(28)17-5-2)23-31-33(29,30)26-21-19-24(3)20-22-26/h19-22,25H,4-18,23H2,1-3H3. The van der Waals surface area contributed by atoms with Crippen LogP contribution >= 0.6 is 0 Å². The first kappa shape index (κ1) is 29.6. The summed E-state index contributed by atoms with van der Waals surface area (Å²) < 4.78 is 35.7. The van der Waals surface area contributed by atoms with Crippen LogP contribution in [-0.2, 0) is 23.8 Å². The number of hydrogen-bond acceptors (Lipinski definition) is 5. The molecule has 0 spiro atoms. The molecule has 1 unspecified atom stereocenters. The number of carbonyl (C=O) groups is 1. The first-order valence-electron chi connectivity index (χ1n) is 13.0. The second kappa shape index (κ2) is 18.0. The minimum atomic E-state index is -3.87. The van der Waals surface area contributed by atoms with Crippen molar-refractivity contribution in [3.05, 3.63) is 29.8 Å². The van der Waals surface area contributed by atoms with Gasteiger partial charge in [-0.15, -0.1) is 0 Å². The Kier molecular flexibility index (Phi) is 16.2. The predicted octanol–water partition coefficient (Wildman–Crippen LogP) is 7.50. The average Bonchev–Trinajstić information content (AvgIpc) is 2.78. The van der Waals surface area contributed by atoms with Gasteiger partial charge in [-0.05, 0) is 38.3 Å². The van der Waals surface area contributed by atoms with E-state index in [1.807, 2.05) is 13.8 Å². The van der Waals surface area contributed by atoms with E-state index in [-0.39, 0.29) is 17.5 Å². The smallest absolute Gasteiger partial charge is 0.306 e. The highest BCUT2D eigenvalue weighted by molar-refractivity contribution is 7.86. The number of ether oxygens (including phenoxy) is 1. The van der Waals surface area contributed by atoms with Crippen molar-refractivity contribution in [1.82, 2.24) is 0 Å². The van der Waals surface area contributed by atoms with Crippen molar-refractivity contribution in [3.63, 3.8) is 0 Å². The summed E-state index contributed by atoms with van der Waals surface area (Å²) in [5, 5.41) is 0. The molecule has 0 heterocycles. The van der Waals surface area contributed by atoms with Crippen LogP contribution in [0.5, 0.6) is 0 Å². The van der Waals surface area contributed by atoms with Crippen molar-refractivity contribution >= 4 is 16.1 Å². The van der Waals surface area contributed by atoms with E-state index in [0.717, 1.165) is 24.8 Å². The topological polar surface area (TPSA) is 69.7 Å². The van der Waals surface area contributed by atoms with Crippen LogP contribution in [-0.4, -0.2) is 27.1 Å². The molecular formula is C27H46O5S. The molecule has 1 rings (SSSR count). The third-order valence-corrected chi connectivity index (χ3v) is 7.15. The van der Waals surface area contributed by atoms with Gasteiger partial charge in [-0.2, -0.15) is 8.42 Å². The van der Waals surface area contributed by atoms with Crippen LogP contribution in [0.3, 0.4) is 0 Å². The summed E-state index contributed by atoms with van der Waals surface area (Å²) in [5.41, 5.74) is 0.979. The van der Waals surface area contributed by atoms with Gasteiger partial charge in [0.2, 0.25) is 0 Å². The molecule has 0 bridgehead atoms. The van der Waals surface area contributed by atoms with E-state index >= 15 is 0 Å². The molecule has 0 aliphatic rings. The van der Waals surface area contributed by atoms with Gasteiger partial charge >= 0.3 is 5.97 Å². The quantitative estimate of drug-likeness (QED) is 0.109. The van der Waals surface area contributed by atoms with Crippen molar-refractivity contribution in [3.8, 4) is 0 Å². The second-order valence-corrected chi connectivity index (χ2v) is 10.7. The molecule has 190 valence electrons. The Morgan fingerprint density at radius 1 is 0.788 bits per heavy atom. The fourth-order valence-electron chi connectivity index (χ4n) is 3.78. The summed E-state index contributed by atoms with van der Waals surface area (Å²) >= 11 is 0. The Morgan fingerprint density at radius 3 is 1.82 bits per heavy atom. The molecular weight excluding hydrogens is 436 g/mol. The van der Waals surface area contributed by atoms with Crippen LogP contribution in [0.4, 0.5) is 0 Å². The molecule has 0 aliphatic heterocycles. The van der Waals surface area contributed by atoms with E-state index in [1.165, 1.54) is 69.9 Å². The van der Waals surface area contributed by atoms with Crippen molar-refractivity contribution in [2.24, 2.45) is 0 Å². The molecule has 5 nitrogen and oxygen atoms in total. The number of aryl methyl sites for hydroxylation is 1. The summed E-state index contributed by atoms with van der Waals surface area (Å²) in [6, 6.07) is 6.55. The first-order chi connectivity index (χ1) is 15.9. The van der Waals surface area contributed by atoms with Gasteiger partial charge in [-0.3, -0.25) is 8.98 Å². The molecule has 0 radical (unpaired) electrons. The lowest BCUT2D eigenvalue weighted by atomic mass is 10.0. The predicted molar refractivity (Wildman–Crippen MR) is 135 cm³/mol. The van der Waals surface area contributed by atoms with Crippen LogP contribution in [0.25, 0.3) is 0 Å². The number of esters is 1. The molecule has 1 atom stereocenters. The van der Waals surface area contributed by atoms with Gasteiger partial charge in [0.15, 0.2) is 0 Å². The van der Waals surface area contributed by atoms with Gasteiger partial charge in [0.05, 0.1) is 4.90 Å². The van der Waals surface area contributed by atoms with Gasteiger partial charge in [0.25, 0.3) is 10.1 Å². The minimum Gasteiger partial charge on any atom is -0.460 e. The Bertz CT molecular complexity index is 727. The lowest BCUT2D eigenvalue weighted by molar-refractivity contribution is -0.151. The van der Waals surface area contributed by atoms with Crippen LogP contribution in [0.2, 0.25) is 0 Å². The maximum atomic E-state index is 12.5. The van der Waals surface area contributed by atoms with E-state index in [1.54, 1.807) is 12.1 Å². The van der Waals surface area contributed by atoms with E-state index in [0.29, 0.717) is 19.3 Å². The number of hydrogen-bond donors (Lipinski definition) is 0. The van der Waals surface area contributed by atoms with E-state index in [2.05, 4.69) is 6.92 Å². The van der Waals surface area contributed by atoms with Crippen LogP contribution in [0.15, 0.2) is 29.2 Å². The van der Waals surface area contributed by atoms with E-state index in [4.69, 9.17) is 8.92 Å². The zero-order valence-electron chi connectivity index (χ0n) is 21.1. The van der Waals surface area contributed by atoms with Gasteiger partial charge in [-0.25, -0.2) is 0 Å². The molecule has 0 amide bonds. The maximum absolute atomic E-state index is 12.5. The molecule has 0 saturated carbocycles. The molecule has 0 fully saturated rings. The van der Waals surface area contributed by atoms with Gasteiger partial charge in [0, 0.05) is 6.42 Å². The van der Waals surface area contributed by atoms with Gasteiger partial charge in [-0.1, -0.05) is 102 Å². The molecule has 1 aromatic rings. The number of benzene rings is 1. The molecule has 0 N–H and O–H groups in total. The summed E-state index contributed by atoms with van der Waals surface area (Å²) in [6.45, 7) is 5.93. The Morgan fingerprint density at radius 2 is 1.30 bits per heavy atom. The van der Waals surface area contributed by atoms with Gasteiger partial charge < -0.3 is 4.74 Å². The van der Waals surface area contributed by atoms with Crippen molar-refractivity contribution in [1.29, 1.82) is 0 Å². The minimum absolute atomic E-state index is 0.122. The third-order valence-electron chi connectivity index (χ3n) is 5.85. The SMILES string of the molecule is CCCCCCCCCCCCCCC(COS(=O)(=O)c1ccc(C)cc1)OC(=O)CCC. The summed E-state index contributed by atoms with van der Waals surface area (Å²) in [6.07, 6.45) is 16.2. The third kappa shape index (κ3) is 14.5. The van der Waals surface area contributed by atoms with Gasteiger partial charge in [0.1, 0.15) is 12.7 Å². The number of rotatable bonds is 20. The Hall–Kier alpha value is -1.40. The highest BCUT2D eigenvalue weighted by Crippen LogP contribution is 2.17. The molecule has 0 aromatic heterocycles. The first-order valence-corrected chi connectivity index (χ1v) is 14.5. The lowest BCUT2D eigenvalue weighted by Crippen LogP contribution is -2.25. The normalized spacial score (nSPS) is 12.6. The highest BCUT2D eigenvalue weighted by Gasteiger charge is 2.21. The second-order valence-electron chi connectivity index (χ2n) is 9.09. The highest BCUT2D eigenvalue weighted by atomic mass is 32.2. The van der Waals surface area contributed by atoms with Crippen molar-refractivity contribution in [2.75, 3.05) is 6.61 Å². The van der Waals surface area contributed by atoms with E-state index < -0.39 is 16.2 Å². The van der Waals surface area contributed by atoms with Crippen LogP contribution in [0.1, 0.15) is 116 Å². The zero-order valence-corrected chi connectivity index (χ0v) is 22.0. The van der Waals surface area contributed by atoms with E-state index in [9.17, 15) is 13.2 Å². The molecule has 6 heteroatoms. The fourth-order valence-corrected chi connectivity index (χ4v) is 4.71. The monoisotopic (exact) mass is 482 g/mol. The lowest BCUT2D eigenvalue weighted by Gasteiger charge is -2.18. The summed E-state index contributed by atoms with van der Waals surface area (Å²) in [5.74, 6) is -0.294. The summed E-state index contributed by atoms with van der Waals surface area (Å²) in [4.78, 5) is 12.1. The van der Waals surface area contributed by atoms with Crippen molar-refractivity contribution in [2.45, 2.75) is 128 Å². The fraction of sp³-hybridized carbons (Fsp3) is 0.741. The molecule has 0 aliphatic carbocycles. The summed E-state index contributed by atoms with van der Waals surface area (Å²) in [7, 11) is -3.87. The number of carbonyl (C=O) groups excluding carboxylic acids is 1. The van der Waals surface area contributed by atoms with Crippen LogP contribution < -0.4 is 0 Å². The molecule has 0 saturated heterocycles. The maximum Gasteiger partial charge on any atom is 0.306 e.